The third-order valence-electron chi connectivity index (χ3n) is 3.23. The molecule has 82 valence electrons. The quantitative estimate of drug-likeness (QED) is 0.675. The fraction of sp³-hybridized carbons (Fsp3) is 0.909. The van der Waals surface area contributed by atoms with E-state index in [1.165, 1.54) is 0 Å². The van der Waals surface area contributed by atoms with Crippen molar-refractivity contribution in [1.29, 1.82) is 0 Å². The second-order valence-corrected chi connectivity index (χ2v) is 4.45. The number of carbonyl (C=O) groups is 1. The first kappa shape index (κ1) is 11.7. The van der Waals surface area contributed by atoms with E-state index in [1.807, 2.05) is 6.92 Å². The van der Waals surface area contributed by atoms with E-state index in [2.05, 4.69) is 30.7 Å². The summed E-state index contributed by atoms with van der Waals surface area (Å²) in [5, 5.41) is 0. The Kier molecular flexibility index (Phi) is 4.08. The average molecular weight is 198 g/mol. The molecule has 1 heterocycles. The van der Waals surface area contributed by atoms with Crippen LogP contribution in [-0.4, -0.2) is 54.3 Å². The molecule has 0 aromatic heterocycles. The van der Waals surface area contributed by atoms with Gasteiger partial charge in [-0.1, -0.05) is 6.92 Å². The maximum atomic E-state index is 11.3. The minimum atomic E-state index is 0.356. The van der Waals surface area contributed by atoms with E-state index < -0.39 is 0 Å². The number of Topliss-reactive ketones (excluding diaryl/α,β-unsaturated/α-hetero) is 1. The van der Waals surface area contributed by atoms with Crippen molar-refractivity contribution in [3.8, 4) is 0 Å². The molecule has 0 aliphatic carbocycles. The van der Waals surface area contributed by atoms with E-state index in [9.17, 15) is 4.79 Å². The van der Waals surface area contributed by atoms with Crippen LogP contribution in [0.1, 0.15) is 27.2 Å². The molecule has 0 aromatic rings. The number of carbonyl (C=O) groups excluding carboxylic acids is 1. The van der Waals surface area contributed by atoms with E-state index in [-0.39, 0.29) is 0 Å². The highest BCUT2D eigenvalue weighted by Gasteiger charge is 2.26. The van der Waals surface area contributed by atoms with Crippen molar-refractivity contribution >= 4 is 5.78 Å². The Labute approximate surface area is 87.1 Å². The number of ketones is 1. The largest absolute Gasteiger partial charge is 0.298 e. The number of piperazine rings is 1. The van der Waals surface area contributed by atoms with Gasteiger partial charge in [-0.25, -0.2) is 0 Å². The molecule has 2 atom stereocenters. The van der Waals surface area contributed by atoms with E-state index >= 15 is 0 Å². The summed E-state index contributed by atoms with van der Waals surface area (Å²) in [6.07, 6.45) is 0.662. The summed E-state index contributed by atoms with van der Waals surface area (Å²) in [5.74, 6) is 0.356. The van der Waals surface area contributed by atoms with Gasteiger partial charge in [0.1, 0.15) is 5.78 Å². The summed E-state index contributed by atoms with van der Waals surface area (Å²) >= 11 is 0. The van der Waals surface area contributed by atoms with Gasteiger partial charge in [0, 0.05) is 31.6 Å². The molecule has 1 aliphatic heterocycles. The van der Waals surface area contributed by atoms with Crippen LogP contribution < -0.4 is 0 Å². The van der Waals surface area contributed by atoms with Gasteiger partial charge in [-0.2, -0.15) is 0 Å². The van der Waals surface area contributed by atoms with Crippen LogP contribution in [0.25, 0.3) is 0 Å². The molecule has 0 saturated carbocycles. The smallest absolute Gasteiger partial charge is 0.146 e. The molecule has 0 aromatic carbocycles. The molecule has 14 heavy (non-hydrogen) atoms. The second kappa shape index (κ2) is 4.89. The van der Waals surface area contributed by atoms with Gasteiger partial charge in [0.15, 0.2) is 0 Å². The van der Waals surface area contributed by atoms with Crippen molar-refractivity contribution in [1.82, 2.24) is 9.80 Å². The lowest BCUT2D eigenvalue weighted by Crippen LogP contribution is -2.55. The molecule has 0 radical (unpaired) electrons. The number of likely N-dealkylation sites (N-methyl/N-ethyl adjacent to an activating group) is 1. The van der Waals surface area contributed by atoms with Crippen molar-refractivity contribution in [3.05, 3.63) is 0 Å². The highest BCUT2D eigenvalue weighted by atomic mass is 16.1. The zero-order valence-corrected chi connectivity index (χ0v) is 9.79. The first-order chi connectivity index (χ1) is 6.54. The Hall–Kier alpha value is -0.410. The lowest BCUT2D eigenvalue weighted by atomic mass is 10.1. The molecule has 0 unspecified atom stereocenters. The second-order valence-electron chi connectivity index (χ2n) is 4.45. The third-order valence-corrected chi connectivity index (χ3v) is 3.23. The zero-order valence-electron chi connectivity index (χ0n) is 9.79. The van der Waals surface area contributed by atoms with Crippen LogP contribution in [0.2, 0.25) is 0 Å². The highest BCUT2D eigenvalue weighted by molar-refractivity contribution is 5.80. The van der Waals surface area contributed by atoms with Gasteiger partial charge in [0.05, 0.1) is 6.54 Å². The molecule has 0 bridgehead atoms. The first-order valence-corrected chi connectivity index (χ1v) is 5.50. The molecule has 1 aliphatic rings. The van der Waals surface area contributed by atoms with Crippen LogP contribution >= 0.6 is 0 Å². The summed E-state index contributed by atoms with van der Waals surface area (Å²) in [6.45, 7) is 9.06. The molecule has 0 amide bonds. The topological polar surface area (TPSA) is 23.6 Å². The molecular weight excluding hydrogens is 176 g/mol. The summed E-state index contributed by atoms with van der Waals surface area (Å²) in [7, 11) is 2.16. The Morgan fingerprint density at radius 2 is 1.79 bits per heavy atom. The van der Waals surface area contributed by atoms with Crippen LogP contribution in [0.5, 0.6) is 0 Å². The molecule has 1 saturated heterocycles. The van der Waals surface area contributed by atoms with Crippen LogP contribution in [-0.2, 0) is 4.79 Å². The monoisotopic (exact) mass is 198 g/mol. The maximum absolute atomic E-state index is 11.3. The van der Waals surface area contributed by atoms with Crippen LogP contribution in [0.4, 0.5) is 0 Å². The normalized spacial score (nSPS) is 30.6. The van der Waals surface area contributed by atoms with E-state index in [4.69, 9.17) is 0 Å². The van der Waals surface area contributed by atoms with Gasteiger partial charge in [-0.15, -0.1) is 0 Å². The van der Waals surface area contributed by atoms with Crippen molar-refractivity contribution in [2.45, 2.75) is 39.3 Å². The standard InChI is InChI=1S/C11H22N2O/c1-5-11(14)8-13-6-9(2)12(4)10(3)7-13/h9-10H,5-8H2,1-4H3/t9-,10+. The lowest BCUT2D eigenvalue weighted by Gasteiger charge is -2.42. The van der Waals surface area contributed by atoms with Gasteiger partial charge in [-0.3, -0.25) is 14.6 Å². The maximum Gasteiger partial charge on any atom is 0.146 e. The average Bonchev–Trinajstić information content (AvgIpc) is 2.14. The molecule has 3 nitrogen and oxygen atoms in total. The highest BCUT2D eigenvalue weighted by Crippen LogP contribution is 2.12. The zero-order chi connectivity index (χ0) is 10.7. The van der Waals surface area contributed by atoms with E-state index in [0.717, 1.165) is 13.1 Å². The number of hydrogen-bond acceptors (Lipinski definition) is 3. The molecular formula is C11H22N2O. The van der Waals surface area contributed by atoms with Gasteiger partial charge in [-0.05, 0) is 20.9 Å². The third kappa shape index (κ3) is 2.79. The minimum absolute atomic E-state index is 0.356. The van der Waals surface area contributed by atoms with Crippen LogP contribution in [0, 0.1) is 0 Å². The van der Waals surface area contributed by atoms with E-state index in [1.54, 1.807) is 0 Å². The van der Waals surface area contributed by atoms with Crippen LogP contribution in [0.15, 0.2) is 0 Å². The summed E-state index contributed by atoms with van der Waals surface area (Å²) in [6, 6.07) is 1.12. The minimum Gasteiger partial charge on any atom is -0.298 e. The molecule has 1 fully saturated rings. The van der Waals surface area contributed by atoms with Crippen molar-refractivity contribution in [3.63, 3.8) is 0 Å². The Balaban J connectivity index is 2.45. The lowest BCUT2D eigenvalue weighted by molar-refractivity contribution is -0.120. The predicted octanol–water partition coefficient (Wildman–Crippen LogP) is 0.990. The molecule has 0 N–H and O–H groups in total. The van der Waals surface area contributed by atoms with Crippen molar-refractivity contribution < 1.29 is 4.79 Å². The summed E-state index contributed by atoms with van der Waals surface area (Å²) < 4.78 is 0. The SMILES string of the molecule is CCC(=O)CN1C[C@@H](C)N(C)[C@@H](C)C1. The fourth-order valence-corrected chi connectivity index (χ4v) is 2.00. The van der Waals surface area contributed by atoms with Gasteiger partial charge in [0.25, 0.3) is 0 Å². The molecule has 3 heteroatoms. The Morgan fingerprint density at radius 1 is 1.29 bits per heavy atom. The first-order valence-electron chi connectivity index (χ1n) is 5.50. The summed E-state index contributed by atoms with van der Waals surface area (Å²) in [5.41, 5.74) is 0. The Morgan fingerprint density at radius 3 is 2.21 bits per heavy atom. The van der Waals surface area contributed by atoms with Gasteiger partial charge >= 0.3 is 0 Å². The number of rotatable bonds is 3. The summed E-state index contributed by atoms with van der Waals surface area (Å²) in [4.78, 5) is 16.0. The predicted molar refractivity (Wildman–Crippen MR) is 58.4 cm³/mol. The number of nitrogens with zero attached hydrogens (tertiary/aromatic N) is 2. The van der Waals surface area contributed by atoms with Crippen LogP contribution in [0.3, 0.4) is 0 Å². The molecule has 0 spiro atoms. The van der Waals surface area contributed by atoms with Crippen molar-refractivity contribution in [2.24, 2.45) is 0 Å². The van der Waals surface area contributed by atoms with Gasteiger partial charge in [0.2, 0.25) is 0 Å². The number of hydrogen-bond donors (Lipinski definition) is 0. The van der Waals surface area contributed by atoms with E-state index in [0.29, 0.717) is 30.8 Å². The van der Waals surface area contributed by atoms with Crippen molar-refractivity contribution in [2.75, 3.05) is 26.7 Å². The molecule has 1 rings (SSSR count). The van der Waals surface area contributed by atoms with Gasteiger partial charge < -0.3 is 0 Å². The Bertz CT molecular complexity index is 193. The fourth-order valence-electron chi connectivity index (χ4n) is 2.00.